The second kappa shape index (κ2) is 10.1. The molecule has 2 aliphatic heterocycles. The Morgan fingerprint density at radius 1 is 1.00 bits per heavy atom. The lowest BCUT2D eigenvalue weighted by Crippen LogP contribution is -2.40. The Morgan fingerprint density at radius 3 is 2.66 bits per heavy atom. The highest BCUT2D eigenvalue weighted by Crippen LogP contribution is 2.24. The third-order valence-electron chi connectivity index (χ3n) is 6.79. The van der Waals surface area contributed by atoms with E-state index in [1.807, 2.05) is 18.2 Å². The lowest BCUT2D eigenvalue weighted by Gasteiger charge is -2.35. The van der Waals surface area contributed by atoms with Crippen LogP contribution >= 0.6 is 0 Å². The Labute approximate surface area is 188 Å². The lowest BCUT2D eigenvalue weighted by atomic mass is 9.95. The van der Waals surface area contributed by atoms with Crippen LogP contribution in [0.4, 0.5) is 4.39 Å². The minimum atomic E-state index is -0.100. The summed E-state index contributed by atoms with van der Waals surface area (Å²) in [5.41, 5.74) is 3.62. The van der Waals surface area contributed by atoms with Crippen molar-refractivity contribution in [2.75, 3.05) is 32.8 Å². The van der Waals surface area contributed by atoms with Crippen LogP contribution in [0.1, 0.15) is 36.8 Å². The van der Waals surface area contributed by atoms with Crippen LogP contribution in [0.3, 0.4) is 0 Å². The Kier molecular flexibility index (Phi) is 6.76. The summed E-state index contributed by atoms with van der Waals surface area (Å²) in [5, 5.41) is 7.90. The van der Waals surface area contributed by atoms with Crippen molar-refractivity contribution in [2.24, 2.45) is 5.92 Å². The maximum absolute atomic E-state index is 14.0. The molecule has 0 aliphatic carbocycles. The lowest BCUT2D eigenvalue weighted by molar-refractivity contribution is 0.0569. The number of fused-ring (bicyclic) bond motifs is 1. The van der Waals surface area contributed by atoms with Gasteiger partial charge >= 0.3 is 0 Å². The van der Waals surface area contributed by atoms with Crippen LogP contribution in [0.15, 0.2) is 47.1 Å². The van der Waals surface area contributed by atoms with Crippen molar-refractivity contribution in [2.45, 2.75) is 44.9 Å². The molecule has 170 valence electrons. The van der Waals surface area contributed by atoms with Crippen molar-refractivity contribution in [1.29, 1.82) is 0 Å². The Hall–Kier alpha value is -2.35. The molecule has 2 saturated heterocycles. The zero-order valence-electron chi connectivity index (χ0n) is 18.5. The molecular formula is C25H31FN4O2. The maximum Gasteiger partial charge on any atom is 0.135 e. The van der Waals surface area contributed by atoms with Crippen LogP contribution in [0.25, 0.3) is 11.0 Å². The molecule has 1 atom stereocenters. The average Bonchev–Trinajstić information content (AvgIpc) is 3.48. The SMILES string of the molecule is Fc1ccccc1CN1CCC(CN(Cc2ccc3nonc3c2)C[C@H]2CCCO2)CC1. The van der Waals surface area contributed by atoms with Crippen molar-refractivity contribution >= 4 is 11.0 Å². The maximum atomic E-state index is 14.0. The van der Waals surface area contributed by atoms with Gasteiger partial charge in [-0.15, -0.1) is 0 Å². The molecule has 3 heterocycles. The molecule has 6 nitrogen and oxygen atoms in total. The van der Waals surface area contributed by atoms with Crippen LogP contribution < -0.4 is 0 Å². The van der Waals surface area contributed by atoms with E-state index < -0.39 is 0 Å². The monoisotopic (exact) mass is 438 g/mol. The number of likely N-dealkylation sites (tertiary alicyclic amines) is 1. The standard InChI is InChI=1S/C25H31FN4O2/c26-23-6-2-1-4-21(23)17-29-11-9-19(10-12-29)15-30(18-22-5-3-13-31-22)16-20-7-8-24-25(14-20)28-32-27-24/h1-2,4,6-8,14,19,22H,3,5,9-13,15-18H2/t22-/m1/s1. The molecule has 0 amide bonds. The molecule has 2 fully saturated rings. The first-order valence-corrected chi connectivity index (χ1v) is 11.7. The zero-order chi connectivity index (χ0) is 21.8. The van der Waals surface area contributed by atoms with Gasteiger partial charge in [-0.2, -0.15) is 0 Å². The summed E-state index contributed by atoms with van der Waals surface area (Å²) in [5.74, 6) is 0.544. The Morgan fingerprint density at radius 2 is 1.84 bits per heavy atom. The predicted octanol–water partition coefficient (Wildman–Crippen LogP) is 4.26. The van der Waals surface area contributed by atoms with Crippen molar-refractivity contribution < 1.29 is 13.8 Å². The van der Waals surface area contributed by atoms with Crippen LogP contribution in [0, 0.1) is 11.7 Å². The van der Waals surface area contributed by atoms with Gasteiger partial charge < -0.3 is 4.74 Å². The number of ether oxygens (including phenoxy) is 1. The third kappa shape index (κ3) is 5.34. The van der Waals surface area contributed by atoms with Crippen LogP contribution in [-0.4, -0.2) is 59.0 Å². The van der Waals surface area contributed by atoms with E-state index in [9.17, 15) is 4.39 Å². The fourth-order valence-corrected chi connectivity index (χ4v) is 5.02. The number of rotatable bonds is 8. The second-order valence-corrected chi connectivity index (χ2v) is 9.23. The van der Waals surface area contributed by atoms with E-state index in [4.69, 9.17) is 9.37 Å². The average molecular weight is 439 g/mol. The molecule has 0 unspecified atom stereocenters. The number of aromatic nitrogens is 2. The first kappa shape index (κ1) is 21.5. The molecule has 32 heavy (non-hydrogen) atoms. The summed E-state index contributed by atoms with van der Waals surface area (Å²) in [4.78, 5) is 4.92. The third-order valence-corrected chi connectivity index (χ3v) is 6.79. The molecular weight excluding hydrogens is 407 g/mol. The first-order valence-electron chi connectivity index (χ1n) is 11.7. The van der Waals surface area contributed by atoms with E-state index >= 15 is 0 Å². The van der Waals surface area contributed by atoms with Crippen molar-refractivity contribution in [1.82, 2.24) is 20.1 Å². The zero-order valence-corrected chi connectivity index (χ0v) is 18.5. The molecule has 0 N–H and O–H groups in total. The summed E-state index contributed by atoms with van der Waals surface area (Å²) in [7, 11) is 0. The summed E-state index contributed by atoms with van der Waals surface area (Å²) < 4.78 is 24.8. The fourth-order valence-electron chi connectivity index (χ4n) is 5.02. The van der Waals surface area contributed by atoms with Crippen LogP contribution in [0.5, 0.6) is 0 Å². The van der Waals surface area contributed by atoms with E-state index in [2.05, 4.69) is 32.2 Å². The van der Waals surface area contributed by atoms with Gasteiger partial charge in [-0.05, 0) is 78.8 Å². The van der Waals surface area contributed by atoms with Crippen molar-refractivity contribution in [3.05, 3.63) is 59.4 Å². The van der Waals surface area contributed by atoms with Gasteiger partial charge in [-0.3, -0.25) is 9.80 Å². The molecule has 2 aliphatic rings. The van der Waals surface area contributed by atoms with Crippen LogP contribution in [0.2, 0.25) is 0 Å². The van der Waals surface area contributed by atoms with Crippen molar-refractivity contribution in [3.63, 3.8) is 0 Å². The van der Waals surface area contributed by atoms with E-state index in [1.165, 1.54) is 5.56 Å². The molecule has 7 heteroatoms. The van der Waals surface area contributed by atoms with Gasteiger partial charge in [-0.25, -0.2) is 9.02 Å². The molecule has 3 aromatic rings. The first-order chi connectivity index (χ1) is 15.7. The minimum absolute atomic E-state index is 0.100. The summed E-state index contributed by atoms with van der Waals surface area (Å²) in [6, 6.07) is 13.3. The number of nitrogens with zero attached hydrogens (tertiary/aromatic N) is 4. The number of hydrogen-bond donors (Lipinski definition) is 0. The number of benzene rings is 2. The molecule has 5 rings (SSSR count). The van der Waals surface area contributed by atoms with Crippen molar-refractivity contribution in [3.8, 4) is 0 Å². The highest BCUT2D eigenvalue weighted by Gasteiger charge is 2.25. The van der Waals surface area contributed by atoms with Gasteiger partial charge in [0.05, 0.1) is 6.10 Å². The predicted molar refractivity (Wildman–Crippen MR) is 120 cm³/mol. The van der Waals surface area contributed by atoms with Gasteiger partial charge in [-0.1, -0.05) is 24.3 Å². The van der Waals surface area contributed by atoms with Gasteiger partial charge in [0.1, 0.15) is 16.9 Å². The molecule has 0 bridgehead atoms. The molecule has 0 radical (unpaired) electrons. The largest absolute Gasteiger partial charge is 0.377 e. The highest BCUT2D eigenvalue weighted by molar-refractivity contribution is 5.73. The summed E-state index contributed by atoms with van der Waals surface area (Å²) >= 11 is 0. The number of hydrogen-bond acceptors (Lipinski definition) is 6. The topological polar surface area (TPSA) is 54.6 Å². The van der Waals surface area contributed by atoms with Gasteiger partial charge in [0, 0.05) is 38.3 Å². The van der Waals surface area contributed by atoms with E-state index in [1.54, 1.807) is 12.1 Å². The number of halogens is 1. The van der Waals surface area contributed by atoms with Gasteiger partial charge in [0.2, 0.25) is 0 Å². The van der Waals surface area contributed by atoms with Gasteiger partial charge in [0.25, 0.3) is 0 Å². The molecule has 1 aromatic heterocycles. The molecule has 0 saturated carbocycles. The molecule has 0 spiro atoms. The Balaban J connectivity index is 1.19. The summed E-state index contributed by atoms with van der Waals surface area (Å²) in [6.45, 7) is 6.51. The van der Waals surface area contributed by atoms with E-state index in [-0.39, 0.29) is 5.82 Å². The smallest absolute Gasteiger partial charge is 0.135 e. The fraction of sp³-hybridized carbons (Fsp3) is 0.520. The normalized spacial score (nSPS) is 20.5. The van der Waals surface area contributed by atoms with Crippen LogP contribution in [-0.2, 0) is 17.8 Å². The quantitative estimate of drug-likeness (QED) is 0.524. The second-order valence-electron chi connectivity index (χ2n) is 9.23. The van der Waals surface area contributed by atoms with E-state index in [0.717, 1.165) is 81.6 Å². The molecule has 2 aromatic carbocycles. The minimum Gasteiger partial charge on any atom is -0.377 e. The highest BCUT2D eigenvalue weighted by atomic mass is 19.1. The van der Waals surface area contributed by atoms with Gasteiger partial charge in [0.15, 0.2) is 0 Å². The Bertz CT molecular complexity index is 1010. The number of piperidine rings is 1. The van der Waals surface area contributed by atoms with E-state index in [0.29, 0.717) is 18.6 Å². The summed E-state index contributed by atoms with van der Waals surface area (Å²) in [6.07, 6.45) is 4.91.